The van der Waals surface area contributed by atoms with Crippen LogP contribution in [0, 0.1) is 19.8 Å². The number of hydrogen-bond donors (Lipinski definition) is 1. The Bertz CT molecular complexity index is 1580. The second-order valence-corrected chi connectivity index (χ2v) is 10.8. The molecule has 1 amide bonds. The Balaban J connectivity index is 1.58. The first-order chi connectivity index (χ1) is 19.8. The number of amides is 1. The molecule has 5 rings (SSSR count). The van der Waals surface area contributed by atoms with Crippen LogP contribution in [0.25, 0.3) is 0 Å². The number of anilines is 1. The van der Waals surface area contributed by atoms with Gasteiger partial charge in [-0.25, -0.2) is 9.67 Å². The lowest BCUT2D eigenvalue weighted by atomic mass is 9.87. The molecule has 10 heteroatoms. The summed E-state index contributed by atoms with van der Waals surface area (Å²) in [6, 6.07) is 19.2. The maximum Gasteiger partial charge on any atom is 0.249 e. The van der Waals surface area contributed by atoms with E-state index in [1.165, 1.54) is 11.8 Å². The molecule has 0 aliphatic carbocycles. The van der Waals surface area contributed by atoms with Gasteiger partial charge >= 0.3 is 0 Å². The molecule has 1 N–H and O–H groups in total. The number of ether oxygens (including phenoxy) is 3. The van der Waals surface area contributed by atoms with Crippen LogP contribution in [0.3, 0.4) is 0 Å². The molecule has 212 valence electrons. The zero-order chi connectivity index (χ0) is 29.1. The second kappa shape index (κ2) is 12.1. The lowest BCUT2D eigenvalue weighted by molar-refractivity contribution is -0.118. The molecule has 1 aromatic heterocycles. The Morgan fingerprint density at radius 1 is 0.951 bits per heavy atom. The summed E-state index contributed by atoms with van der Waals surface area (Å²) in [5.74, 6) is 1.70. The van der Waals surface area contributed by atoms with Gasteiger partial charge in [-0.2, -0.15) is 4.98 Å². The normalized spacial score (nSPS) is 16.0. The Hall–Kier alpha value is -4.31. The van der Waals surface area contributed by atoms with Crippen LogP contribution in [-0.4, -0.2) is 47.7 Å². The number of nitrogens with zero attached hydrogens (tertiary/aromatic N) is 4. The van der Waals surface area contributed by atoms with Crippen molar-refractivity contribution < 1.29 is 19.0 Å². The number of thioether (sulfide) groups is 1. The summed E-state index contributed by atoms with van der Waals surface area (Å²) >= 11 is 1.52. The van der Waals surface area contributed by atoms with Gasteiger partial charge in [-0.05, 0) is 55.7 Å². The fourth-order valence-electron chi connectivity index (χ4n) is 5.04. The Kier molecular flexibility index (Phi) is 8.30. The first-order valence-electron chi connectivity index (χ1n) is 13.2. The van der Waals surface area contributed by atoms with Crippen molar-refractivity contribution in [1.82, 2.24) is 14.8 Å². The smallest absolute Gasteiger partial charge is 0.249 e. The third-order valence-electron chi connectivity index (χ3n) is 7.06. The molecular formula is C31H33N5O4S. The van der Waals surface area contributed by atoms with Gasteiger partial charge in [0.25, 0.3) is 0 Å². The van der Waals surface area contributed by atoms with E-state index in [2.05, 4.69) is 17.4 Å². The highest BCUT2D eigenvalue weighted by atomic mass is 32.2. The highest BCUT2D eigenvalue weighted by molar-refractivity contribution is 7.98. The number of hydrogen-bond acceptors (Lipinski definition) is 8. The van der Waals surface area contributed by atoms with Crippen LogP contribution < -0.4 is 19.5 Å². The largest absolute Gasteiger partial charge is 0.493 e. The van der Waals surface area contributed by atoms with Crippen molar-refractivity contribution >= 4 is 35.0 Å². The van der Waals surface area contributed by atoms with Gasteiger partial charge in [0, 0.05) is 17.2 Å². The number of carbonyl (C=O) groups excluding carboxylic acids is 1. The minimum Gasteiger partial charge on any atom is -0.493 e. The van der Waals surface area contributed by atoms with Gasteiger partial charge < -0.3 is 19.5 Å². The van der Waals surface area contributed by atoms with E-state index in [4.69, 9.17) is 29.3 Å². The van der Waals surface area contributed by atoms with Crippen molar-refractivity contribution in [2.24, 2.45) is 10.9 Å². The number of rotatable bonds is 9. The van der Waals surface area contributed by atoms with E-state index in [0.717, 1.165) is 27.9 Å². The summed E-state index contributed by atoms with van der Waals surface area (Å²) in [6.45, 7) is 5.86. The molecule has 0 radical (unpaired) electrons. The SMILES string of the molecule is COc1cc(C2C(C(=O)Nc3ccc(C)cc3C)C(C)=Nc3nc(SCc4ccccc4)nn32)cc(OC)c1OC. The minimum absolute atomic E-state index is 0.198. The zero-order valence-electron chi connectivity index (χ0n) is 24.0. The van der Waals surface area contributed by atoms with Gasteiger partial charge in [-0.3, -0.25) is 4.79 Å². The van der Waals surface area contributed by atoms with Gasteiger partial charge in [0.1, 0.15) is 5.92 Å². The number of carbonyl (C=O) groups is 1. The number of aliphatic imine (C=N–C) groups is 1. The van der Waals surface area contributed by atoms with Crippen LogP contribution in [0.4, 0.5) is 11.6 Å². The fraction of sp³-hybridized carbons (Fsp3) is 0.290. The highest BCUT2D eigenvalue weighted by Crippen LogP contribution is 2.44. The maximum absolute atomic E-state index is 14.0. The molecule has 2 unspecified atom stereocenters. The van der Waals surface area contributed by atoms with Crippen molar-refractivity contribution in [3.05, 3.63) is 82.9 Å². The average molecular weight is 572 g/mol. The van der Waals surface area contributed by atoms with Crippen molar-refractivity contribution in [1.29, 1.82) is 0 Å². The van der Waals surface area contributed by atoms with Crippen LogP contribution in [0.2, 0.25) is 0 Å². The number of aryl methyl sites for hydroxylation is 2. The molecule has 9 nitrogen and oxygen atoms in total. The predicted octanol–water partition coefficient (Wildman–Crippen LogP) is 6.16. The Morgan fingerprint density at radius 3 is 2.29 bits per heavy atom. The molecule has 41 heavy (non-hydrogen) atoms. The fourth-order valence-corrected chi connectivity index (χ4v) is 5.82. The molecule has 0 saturated carbocycles. The van der Waals surface area contributed by atoms with Gasteiger partial charge in [0.15, 0.2) is 11.5 Å². The van der Waals surface area contributed by atoms with Crippen LogP contribution in [0.1, 0.15) is 35.2 Å². The monoisotopic (exact) mass is 571 g/mol. The number of methoxy groups -OCH3 is 3. The third-order valence-corrected chi connectivity index (χ3v) is 7.97. The molecule has 1 aliphatic rings. The Morgan fingerprint density at radius 2 is 1.66 bits per heavy atom. The summed E-state index contributed by atoms with van der Waals surface area (Å²) in [6.07, 6.45) is 0. The van der Waals surface area contributed by atoms with E-state index in [-0.39, 0.29) is 5.91 Å². The molecule has 1 aliphatic heterocycles. The van der Waals surface area contributed by atoms with E-state index in [0.29, 0.717) is 39.8 Å². The third kappa shape index (κ3) is 5.78. The molecule has 0 saturated heterocycles. The summed E-state index contributed by atoms with van der Waals surface area (Å²) in [7, 11) is 4.69. The van der Waals surface area contributed by atoms with Crippen LogP contribution in [0.5, 0.6) is 17.2 Å². The summed E-state index contributed by atoms with van der Waals surface area (Å²) < 4.78 is 18.6. The van der Waals surface area contributed by atoms with E-state index >= 15 is 0 Å². The van der Waals surface area contributed by atoms with Crippen molar-refractivity contribution in [3.63, 3.8) is 0 Å². The molecule has 4 aromatic rings. The lowest BCUT2D eigenvalue weighted by Gasteiger charge is -2.31. The van der Waals surface area contributed by atoms with E-state index in [1.54, 1.807) is 26.0 Å². The number of nitrogens with one attached hydrogen (secondary N) is 1. The molecular weight excluding hydrogens is 538 g/mol. The first kappa shape index (κ1) is 28.2. The van der Waals surface area contributed by atoms with Gasteiger partial charge in [0.05, 0.1) is 27.4 Å². The molecule has 0 fully saturated rings. The van der Waals surface area contributed by atoms with E-state index in [1.807, 2.05) is 69.3 Å². The minimum atomic E-state index is -0.681. The first-order valence-corrected chi connectivity index (χ1v) is 14.2. The van der Waals surface area contributed by atoms with Crippen LogP contribution in [-0.2, 0) is 10.5 Å². The molecule has 2 heterocycles. The second-order valence-electron chi connectivity index (χ2n) is 9.86. The number of aromatic nitrogens is 3. The number of fused-ring (bicyclic) bond motifs is 1. The quantitative estimate of drug-likeness (QED) is 0.240. The van der Waals surface area contributed by atoms with E-state index in [9.17, 15) is 4.79 Å². The Labute approximate surface area is 244 Å². The van der Waals surface area contributed by atoms with Crippen LogP contribution in [0.15, 0.2) is 70.8 Å². The summed E-state index contributed by atoms with van der Waals surface area (Å²) in [5, 5.41) is 8.55. The standard InChI is InChI=1S/C31H33N5O4S/c1-18-12-13-23(19(2)14-18)33-29(37)26-20(3)32-30-34-31(41-17-21-10-8-7-9-11-21)35-36(30)27(26)22-15-24(38-4)28(40-6)25(16-22)39-5/h7-16,26-27H,17H2,1-6H3,(H,33,37). The molecule has 0 bridgehead atoms. The summed E-state index contributed by atoms with van der Waals surface area (Å²) in [4.78, 5) is 23.5. The zero-order valence-corrected chi connectivity index (χ0v) is 24.8. The predicted molar refractivity (Wildman–Crippen MR) is 161 cm³/mol. The van der Waals surface area contributed by atoms with Gasteiger partial charge in [-0.15, -0.1) is 5.10 Å². The van der Waals surface area contributed by atoms with Gasteiger partial charge in [0.2, 0.25) is 22.8 Å². The topological polar surface area (TPSA) is 99.9 Å². The van der Waals surface area contributed by atoms with Crippen LogP contribution >= 0.6 is 11.8 Å². The van der Waals surface area contributed by atoms with Crippen molar-refractivity contribution in [2.45, 2.75) is 37.7 Å². The average Bonchev–Trinajstić information content (AvgIpc) is 3.38. The van der Waals surface area contributed by atoms with Crippen molar-refractivity contribution in [3.8, 4) is 17.2 Å². The molecule has 3 aromatic carbocycles. The van der Waals surface area contributed by atoms with E-state index < -0.39 is 12.0 Å². The molecule has 2 atom stereocenters. The summed E-state index contributed by atoms with van der Waals surface area (Å²) in [5.41, 5.74) is 5.40. The lowest BCUT2D eigenvalue weighted by Crippen LogP contribution is -2.39. The van der Waals surface area contributed by atoms with Crippen molar-refractivity contribution in [2.75, 3.05) is 26.6 Å². The highest BCUT2D eigenvalue weighted by Gasteiger charge is 2.40. The van der Waals surface area contributed by atoms with Gasteiger partial charge in [-0.1, -0.05) is 59.8 Å². The maximum atomic E-state index is 14.0. The molecule has 0 spiro atoms. The number of benzene rings is 3.